The van der Waals surface area contributed by atoms with Crippen molar-refractivity contribution < 1.29 is 0 Å². The molecule has 1 aromatic rings. The number of hydrogen-bond donors (Lipinski definition) is 1. The van der Waals surface area contributed by atoms with Crippen LogP contribution in [0.2, 0.25) is 0 Å². The summed E-state index contributed by atoms with van der Waals surface area (Å²) in [5.41, 5.74) is 1.50. The minimum atomic E-state index is 0.622. The summed E-state index contributed by atoms with van der Waals surface area (Å²) in [6.45, 7) is 5.72. The van der Waals surface area contributed by atoms with Gasteiger partial charge in [-0.15, -0.1) is 0 Å². The molecule has 0 spiro atoms. The molecule has 2 rings (SSSR count). The zero-order chi connectivity index (χ0) is 13.5. The molecule has 19 heavy (non-hydrogen) atoms. The van der Waals surface area contributed by atoms with E-state index in [9.17, 15) is 0 Å². The van der Waals surface area contributed by atoms with Crippen molar-refractivity contribution in [2.75, 3.05) is 6.54 Å². The van der Waals surface area contributed by atoms with Gasteiger partial charge in [0.1, 0.15) is 0 Å². The van der Waals surface area contributed by atoms with Crippen LogP contribution in [0.15, 0.2) is 30.3 Å². The molecule has 0 amide bonds. The largest absolute Gasteiger partial charge is 0.314 e. The fourth-order valence-electron chi connectivity index (χ4n) is 3.32. The van der Waals surface area contributed by atoms with Crippen LogP contribution in [0, 0.1) is 11.8 Å². The van der Waals surface area contributed by atoms with Crippen LogP contribution in [0.3, 0.4) is 0 Å². The first-order chi connectivity index (χ1) is 9.25. The predicted octanol–water partition coefficient (Wildman–Crippen LogP) is 4.42. The highest BCUT2D eigenvalue weighted by atomic mass is 14.9. The van der Waals surface area contributed by atoms with E-state index in [1.165, 1.54) is 50.6 Å². The van der Waals surface area contributed by atoms with Crippen molar-refractivity contribution >= 4 is 0 Å². The van der Waals surface area contributed by atoms with Crippen molar-refractivity contribution in [1.82, 2.24) is 5.32 Å². The van der Waals surface area contributed by atoms with Gasteiger partial charge in [0.05, 0.1) is 0 Å². The van der Waals surface area contributed by atoms with Crippen molar-refractivity contribution in [3.05, 3.63) is 35.9 Å². The van der Waals surface area contributed by atoms with Gasteiger partial charge in [-0.25, -0.2) is 0 Å². The first-order valence-corrected chi connectivity index (χ1v) is 8.03. The highest BCUT2D eigenvalue weighted by Gasteiger charge is 2.24. The third kappa shape index (κ3) is 4.99. The Kier molecular flexibility index (Phi) is 5.91. The zero-order valence-corrected chi connectivity index (χ0v) is 12.6. The summed E-state index contributed by atoms with van der Waals surface area (Å²) < 4.78 is 0. The zero-order valence-electron chi connectivity index (χ0n) is 12.6. The lowest BCUT2D eigenvalue weighted by Crippen LogP contribution is -2.34. The highest BCUT2D eigenvalue weighted by Crippen LogP contribution is 2.32. The molecule has 1 fully saturated rings. The minimum absolute atomic E-state index is 0.622. The fraction of sp³-hybridized carbons (Fsp3) is 0.667. The number of rotatable bonds is 6. The normalized spacial score (nSPS) is 23.7. The molecule has 0 radical (unpaired) electrons. The fourth-order valence-corrected chi connectivity index (χ4v) is 3.32. The van der Waals surface area contributed by atoms with Crippen LogP contribution in [-0.2, 0) is 6.42 Å². The van der Waals surface area contributed by atoms with E-state index in [1.807, 2.05) is 0 Å². The van der Waals surface area contributed by atoms with Crippen LogP contribution in [-0.4, -0.2) is 12.6 Å². The van der Waals surface area contributed by atoms with E-state index in [-0.39, 0.29) is 0 Å². The number of aryl methyl sites for hydroxylation is 1. The van der Waals surface area contributed by atoms with E-state index in [4.69, 9.17) is 0 Å². The Morgan fingerprint density at radius 3 is 2.42 bits per heavy atom. The van der Waals surface area contributed by atoms with Crippen molar-refractivity contribution in [2.45, 2.75) is 58.4 Å². The Labute approximate surface area is 118 Å². The molecular formula is C18H29N. The molecule has 0 aromatic heterocycles. The van der Waals surface area contributed by atoms with E-state index in [2.05, 4.69) is 49.5 Å². The topological polar surface area (TPSA) is 12.0 Å². The Hall–Kier alpha value is -0.820. The quantitative estimate of drug-likeness (QED) is 0.797. The third-order valence-electron chi connectivity index (χ3n) is 4.50. The first kappa shape index (κ1) is 14.6. The standard InChI is InChI=1S/C18H29N/c1-15(2)19-14-18-11-7-6-10-17(18)13-12-16-8-4-3-5-9-16/h3-5,8-9,15,17-19H,6-7,10-14H2,1-2H3. The van der Waals surface area contributed by atoms with Crippen LogP contribution >= 0.6 is 0 Å². The number of hydrogen-bond acceptors (Lipinski definition) is 1. The van der Waals surface area contributed by atoms with E-state index in [0.29, 0.717) is 6.04 Å². The smallest absolute Gasteiger partial charge is 0.00104 e. The van der Waals surface area contributed by atoms with Crippen molar-refractivity contribution in [3.8, 4) is 0 Å². The molecule has 0 heterocycles. The van der Waals surface area contributed by atoms with Gasteiger partial charge < -0.3 is 5.32 Å². The Morgan fingerprint density at radius 1 is 1.05 bits per heavy atom. The molecule has 1 heteroatoms. The van der Waals surface area contributed by atoms with Gasteiger partial charge in [0.25, 0.3) is 0 Å². The maximum atomic E-state index is 3.64. The van der Waals surface area contributed by atoms with E-state index in [1.54, 1.807) is 0 Å². The lowest BCUT2D eigenvalue weighted by molar-refractivity contribution is 0.214. The average molecular weight is 259 g/mol. The van der Waals surface area contributed by atoms with Gasteiger partial charge in [-0.2, -0.15) is 0 Å². The Morgan fingerprint density at radius 2 is 1.74 bits per heavy atom. The van der Waals surface area contributed by atoms with Crippen LogP contribution in [0.4, 0.5) is 0 Å². The van der Waals surface area contributed by atoms with E-state index < -0.39 is 0 Å². The van der Waals surface area contributed by atoms with Gasteiger partial charge in [-0.3, -0.25) is 0 Å². The lowest BCUT2D eigenvalue weighted by Gasteiger charge is -2.32. The third-order valence-corrected chi connectivity index (χ3v) is 4.50. The molecule has 2 unspecified atom stereocenters. The number of benzene rings is 1. The summed E-state index contributed by atoms with van der Waals surface area (Å²) in [4.78, 5) is 0. The summed E-state index contributed by atoms with van der Waals surface area (Å²) in [7, 11) is 0. The van der Waals surface area contributed by atoms with Crippen LogP contribution in [0.1, 0.15) is 51.5 Å². The Bertz CT molecular complexity index is 344. The molecule has 0 aliphatic heterocycles. The van der Waals surface area contributed by atoms with Gasteiger partial charge in [-0.05, 0) is 43.2 Å². The van der Waals surface area contributed by atoms with Crippen molar-refractivity contribution in [3.63, 3.8) is 0 Å². The van der Waals surface area contributed by atoms with E-state index in [0.717, 1.165) is 11.8 Å². The lowest BCUT2D eigenvalue weighted by atomic mass is 9.76. The monoisotopic (exact) mass is 259 g/mol. The molecule has 1 N–H and O–H groups in total. The average Bonchev–Trinajstić information content (AvgIpc) is 2.45. The maximum Gasteiger partial charge on any atom is 0.00104 e. The van der Waals surface area contributed by atoms with Crippen LogP contribution in [0.5, 0.6) is 0 Å². The van der Waals surface area contributed by atoms with Gasteiger partial charge >= 0.3 is 0 Å². The second-order valence-corrected chi connectivity index (χ2v) is 6.39. The molecule has 1 saturated carbocycles. The molecule has 1 nitrogen and oxygen atoms in total. The SMILES string of the molecule is CC(C)NCC1CCCCC1CCc1ccccc1. The highest BCUT2D eigenvalue weighted by molar-refractivity contribution is 5.14. The second-order valence-electron chi connectivity index (χ2n) is 6.39. The summed E-state index contributed by atoms with van der Waals surface area (Å²) in [6.07, 6.45) is 8.37. The van der Waals surface area contributed by atoms with Crippen LogP contribution in [0.25, 0.3) is 0 Å². The molecule has 0 saturated heterocycles. The summed E-state index contributed by atoms with van der Waals surface area (Å²) in [6, 6.07) is 11.6. The minimum Gasteiger partial charge on any atom is -0.314 e. The predicted molar refractivity (Wildman–Crippen MR) is 83.3 cm³/mol. The van der Waals surface area contributed by atoms with Crippen molar-refractivity contribution in [2.24, 2.45) is 11.8 Å². The van der Waals surface area contributed by atoms with E-state index >= 15 is 0 Å². The second kappa shape index (κ2) is 7.69. The summed E-state index contributed by atoms with van der Waals surface area (Å²) in [5, 5.41) is 3.64. The molecular weight excluding hydrogens is 230 g/mol. The van der Waals surface area contributed by atoms with Gasteiger partial charge in [-0.1, -0.05) is 63.4 Å². The van der Waals surface area contributed by atoms with Gasteiger partial charge in [0, 0.05) is 6.04 Å². The molecule has 1 aliphatic rings. The molecule has 1 aromatic carbocycles. The molecule has 106 valence electrons. The van der Waals surface area contributed by atoms with Gasteiger partial charge in [0.15, 0.2) is 0 Å². The Balaban J connectivity index is 1.82. The first-order valence-electron chi connectivity index (χ1n) is 8.03. The molecule has 0 bridgehead atoms. The van der Waals surface area contributed by atoms with Crippen molar-refractivity contribution in [1.29, 1.82) is 0 Å². The van der Waals surface area contributed by atoms with Crippen LogP contribution < -0.4 is 5.32 Å². The number of nitrogens with one attached hydrogen (secondary N) is 1. The molecule has 2 atom stereocenters. The molecule has 1 aliphatic carbocycles. The van der Waals surface area contributed by atoms with Gasteiger partial charge in [0.2, 0.25) is 0 Å². The summed E-state index contributed by atoms with van der Waals surface area (Å²) in [5.74, 6) is 1.83. The summed E-state index contributed by atoms with van der Waals surface area (Å²) >= 11 is 0. The maximum absolute atomic E-state index is 3.64.